The molecule has 1 aliphatic heterocycles. The standard InChI is InChI=1S/C19H28O4S/c1-5-6-8-17-9-7-10-18(23-17)13-22-24(20,21)19-15(3)11-14(2)12-16(19)4/h7,10-12,17-18H,5-6,8-9,13H2,1-4H3/t17-,18+/m0/s1. The summed E-state index contributed by atoms with van der Waals surface area (Å²) in [5.74, 6) is 0. The summed E-state index contributed by atoms with van der Waals surface area (Å²) < 4.78 is 36.4. The van der Waals surface area contributed by atoms with Crippen molar-refractivity contribution >= 4 is 10.1 Å². The van der Waals surface area contributed by atoms with Gasteiger partial charge in [0.2, 0.25) is 0 Å². The molecule has 0 amide bonds. The molecule has 0 spiro atoms. The highest BCUT2D eigenvalue weighted by molar-refractivity contribution is 7.86. The van der Waals surface area contributed by atoms with Crippen molar-refractivity contribution in [1.82, 2.24) is 0 Å². The Morgan fingerprint density at radius 3 is 2.50 bits per heavy atom. The Morgan fingerprint density at radius 2 is 1.88 bits per heavy atom. The summed E-state index contributed by atoms with van der Waals surface area (Å²) >= 11 is 0. The summed E-state index contributed by atoms with van der Waals surface area (Å²) in [6, 6.07) is 3.72. The van der Waals surface area contributed by atoms with E-state index in [0.29, 0.717) is 11.1 Å². The summed E-state index contributed by atoms with van der Waals surface area (Å²) in [6.45, 7) is 7.72. The first-order valence-corrected chi connectivity index (χ1v) is 10.0. The Kier molecular flexibility index (Phi) is 6.61. The Morgan fingerprint density at radius 1 is 1.21 bits per heavy atom. The summed E-state index contributed by atoms with van der Waals surface area (Å²) in [7, 11) is -3.79. The molecule has 2 atom stereocenters. The highest BCUT2D eigenvalue weighted by atomic mass is 32.2. The molecule has 4 nitrogen and oxygen atoms in total. The van der Waals surface area contributed by atoms with Crippen LogP contribution in [0.4, 0.5) is 0 Å². The fraction of sp³-hybridized carbons (Fsp3) is 0.579. The van der Waals surface area contributed by atoms with Crippen molar-refractivity contribution in [2.75, 3.05) is 6.61 Å². The van der Waals surface area contributed by atoms with Crippen LogP contribution in [0.2, 0.25) is 0 Å². The molecule has 134 valence electrons. The first-order valence-electron chi connectivity index (χ1n) is 8.63. The van der Waals surface area contributed by atoms with E-state index in [-0.39, 0.29) is 23.7 Å². The predicted molar refractivity (Wildman–Crippen MR) is 95.7 cm³/mol. The van der Waals surface area contributed by atoms with Gasteiger partial charge in [-0.25, -0.2) is 0 Å². The average Bonchev–Trinajstić information content (AvgIpc) is 2.50. The maximum Gasteiger partial charge on any atom is 0.297 e. The Bertz CT molecular complexity index is 668. The number of rotatable bonds is 7. The van der Waals surface area contributed by atoms with Gasteiger partial charge in [0.25, 0.3) is 10.1 Å². The maximum atomic E-state index is 12.6. The van der Waals surface area contributed by atoms with Gasteiger partial charge in [-0.2, -0.15) is 8.42 Å². The molecule has 0 fully saturated rings. The smallest absolute Gasteiger partial charge is 0.297 e. The second-order valence-corrected chi connectivity index (χ2v) is 8.12. The lowest BCUT2D eigenvalue weighted by atomic mass is 10.1. The lowest BCUT2D eigenvalue weighted by Gasteiger charge is -2.26. The minimum Gasteiger partial charge on any atom is -0.368 e. The molecule has 1 aromatic rings. The van der Waals surface area contributed by atoms with E-state index < -0.39 is 10.1 Å². The summed E-state index contributed by atoms with van der Waals surface area (Å²) in [5, 5.41) is 0. The summed E-state index contributed by atoms with van der Waals surface area (Å²) in [6.07, 6.45) is 7.95. The van der Waals surface area contributed by atoms with Gasteiger partial charge in [0, 0.05) is 0 Å². The van der Waals surface area contributed by atoms with Crippen LogP contribution >= 0.6 is 0 Å². The van der Waals surface area contributed by atoms with Crippen molar-refractivity contribution in [3.05, 3.63) is 41.0 Å². The highest BCUT2D eigenvalue weighted by Crippen LogP contribution is 2.25. The van der Waals surface area contributed by atoms with Gasteiger partial charge >= 0.3 is 0 Å². The minimum absolute atomic E-state index is 0.0220. The third-order valence-corrected chi connectivity index (χ3v) is 5.83. The van der Waals surface area contributed by atoms with Crippen molar-refractivity contribution in [2.45, 2.75) is 70.5 Å². The van der Waals surface area contributed by atoms with E-state index in [4.69, 9.17) is 8.92 Å². The zero-order valence-corrected chi connectivity index (χ0v) is 15.9. The second kappa shape index (κ2) is 8.28. The molecule has 2 rings (SSSR count). The van der Waals surface area contributed by atoms with Gasteiger partial charge in [-0.05, 0) is 44.7 Å². The molecular formula is C19H28O4S. The molecule has 0 radical (unpaired) electrons. The van der Waals surface area contributed by atoms with E-state index in [1.54, 1.807) is 13.8 Å². The maximum absolute atomic E-state index is 12.6. The molecule has 24 heavy (non-hydrogen) atoms. The number of hydrogen-bond acceptors (Lipinski definition) is 4. The predicted octanol–water partition coefficient (Wildman–Crippen LogP) is 4.22. The lowest BCUT2D eigenvalue weighted by molar-refractivity contribution is -0.0187. The minimum atomic E-state index is -3.79. The SMILES string of the molecule is CCCC[C@H]1CC=C[C@H](COS(=O)(=O)c2c(C)cc(C)cc2C)O1. The Balaban J connectivity index is 2.03. The van der Waals surface area contributed by atoms with Crippen LogP contribution in [0.1, 0.15) is 49.3 Å². The third kappa shape index (κ3) is 4.91. The molecule has 1 aromatic carbocycles. The van der Waals surface area contributed by atoms with Crippen LogP contribution in [0.25, 0.3) is 0 Å². The molecule has 0 aromatic heterocycles. The topological polar surface area (TPSA) is 52.6 Å². The zero-order valence-electron chi connectivity index (χ0n) is 15.0. The highest BCUT2D eigenvalue weighted by Gasteiger charge is 2.24. The number of benzene rings is 1. The largest absolute Gasteiger partial charge is 0.368 e. The Labute approximate surface area is 146 Å². The molecule has 0 saturated heterocycles. The number of hydrogen-bond donors (Lipinski definition) is 0. The van der Waals surface area contributed by atoms with Gasteiger partial charge in [0.05, 0.1) is 17.6 Å². The lowest BCUT2D eigenvalue weighted by Crippen LogP contribution is -2.29. The van der Waals surface area contributed by atoms with Gasteiger partial charge in [-0.3, -0.25) is 4.18 Å². The number of aryl methyl sites for hydroxylation is 3. The first-order chi connectivity index (χ1) is 11.3. The van der Waals surface area contributed by atoms with Crippen LogP contribution in [-0.4, -0.2) is 27.2 Å². The van der Waals surface area contributed by atoms with Crippen molar-refractivity contribution < 1.29 is 17.3 Å². The van der Waals surface area contributed by atoms with E-state index >= 15 is 0 Å². The van der Waals surface area contributed by atoms with Crippen molar-refractivity contribution in [3.8, 4) is 0 Å². The fourth-order valence-corrected chi connectivity index (χ4v) is 4.56. The van der Waals surface area contributed by atoms with Crippen molar-refractivity contribution in [1.29, 1.82) is 0 Å². The molecule has 1 aliphatic rings. The zero-order chi connectivity index (χ0) is 17.7. The fourth-order valence-electron chi connectivity index (χ4n) is 3.22. The third-order valence-electron chi connectivity index (χ3n) is 4.24. The Hall–Kier alpha value is -1.17. The molecule has 5 heteroatoms. The van der Waals surface area contributed by atoms with Gasteiger partial charge in [-0.15, -0.1) is 0 Å². The van der Waals surface area contributed by atoms with Crippen LogP contribution in [-0.2, 0) is 19.0 Å². The molecule has 0 N–H and O–H groups in total. The van der Waals surface area contributed by atoms with Crippen LogP contribution in [0.3, 0.4) is 0 Å². The van der Waals surface area contributed by atoms with Crippen LogP contribution in [0.5, 0.6) is 0 Å². The van der Waals surface area contributed by atoms with Gasteiger partial charge in [0.15, 0.2) is 0 Å². The van der Waals surface area contributed by atoms with Crippen LogP contribution in [0, 0.1) is 20.8 Å². The van der Waals surface area contributed by atoms with E-state index in [1.807, 2.05) is 25.1 Å². The van der Waals surface area contributed by atoms with Crippen LogP contribution < -0.4 is 0 Å². The summed E-state index contributed by atoms with van der Waals surface area (Å²) in [4.78, 5) is 0.274. The molecule has 0 bridgehead atoms. The van der Waals surface area contributed by atoms with Crippen LogP contribution in [0.15, 0.2) is 29.2 Å². The van der Waals surface area contributed by atoms with Crippen molar-refractivity contribution in [3.63, 3.8) is 0 Å². The van der Waals surface area contributed by atoms with Gasteiger partial charge in [0.1, 0.15) is 6.10 Å². The first kappa shape index (κ1) is 19.2. The normalized spacial score (nSPS) is 21.2. The molecular weight excluding hydrogens is 324 g/mol. The summed E-state index contributed by atoms with van der Waals surface area (Å²) in [5.41, 5.74) is 2.48. The molecule has 1 heterocycles. The quantitative estimate of drug-likeness (QED) is 0.544. The molecule has 0 aliphatic carbocycles. The van der Waals surface area contributed by atoms with E-state index in [0.717, 1.165) is 31.2 Å². The van der Waals surface area contributed by atoms with Crippen molar-refractivity contribution in [2.24, 2.45) is 0 Å². The van der Waals surface area contributed by atoms with E-state index in [1.165, 1.54) is 0 Å². The molecule has 0 saturated carbocycles. The number of unbranched alkanes of at least 4 members (excludes halogenated alkanes) is 1. The second-order valence-electron chi connectivity index (χ2n) is 6.57. The molecule has 0 unspecified atom stereocenters. The van der Waals surface area contributed by atoms with E-state index in [9.17, 15) is 8.42 Å². The monoisotopic (exact) mass is 352 g/mol. The van der Waals surface area contributed by atoms with E-state index in [2.05, 4.69) is 13.0 Å². The number of ether oxygens (including phenoxy) is 1. The van der Waals surface area contributed by atoms with Gasteiger partial charge < -0.3 is 4.74 Å². The van der Waals surface area contributed by atoms with Gasteiger partial charge in [-0.1, -0.05) is 49.6 Å². The average molecular weight is 352 g/mol.